The van der Waals surface area contributed by atoms with E-state index >= 15 is 0 Å². The topological polar surface area (TPSA) is 81.6 Å². The standard InChI is InChI=1S/C14H23N3O2/c1-11(2)17(10-14(16)18)6-7-19-13-5-3-4-12(8-13)9-15/h3-5,8,11H,6-7,9-10,15H2,1-2H3,(H2,16,18). The van der Waals surface area contributed by atoms with E-state index < -0.39 is 0 Å². The Hall–Kier alpha value is -1.59. The maximum Gasteiger partial charge on any atom is 0.231 e. The quantitative estimate of drug-likeness (QED) is 0.725. The molecule has 0 fully saturated rings. The molecule has 0 unspecified atom stereocenters. The van der Waals surface area contributed by atoms with Crippen molar-refractivity contribution in [2.45, 2.75) is 26.4 Å². The van der Waals surface area contributed by atoms with Gasteiger partial charge in [-0.3, -0.25) is 9.69 Å². The van der Waals surface area contributed by atoms with Crippen molar-refractivity contribution in [1.82, 2.24) is 4.90 Å². The fraction of sp³-hybridized carbons (Fsp3) is 0.500. The Morgan fingerprint density at radius 2 is 2.16 bits per heavy atom. The highest BCUT2D eigenvalue weighted by Crippen LogP contribution is 2.12. The fourth-order valence-corrected chi connectivity index (χ4v) is 1.76. The molecule has 0 bridgehead atoms. The predicted octanol–water partition coefficient (Wildman–Crippen LogP) is 0.720. The summed E-state index contributed by atoms with van der Waals surface area (Å²) in [5, 5.41) is 0. The first-order valence-corrected chi connectivity index (χ1v) is 6.47. The lowest BCUT2D eigenvalue weighted by Gasteiger charge is -2.24. The van der Waals surface area contributed by atoms with E-state index in [-0.39, 0.29) is 18.5 Å². The van der Waals surface area contributed by atoms with Gasteiger partial charge in [0.2, 0.25) is 5.91 Å². The Kier molecular flexibility index (Phi) is 6.32. The van der Waals surface area contributed by atoms with Gasteiger partial charge in [0.05, 0.1) is 6.54 Å². The van der Waals surface area contributed by atoms with Crippen molar-refractivity contribution in [3.63, 3.8) is 0 Å². The molecule has 0 aliphatic heterocycles. The molecule has 0 saturated carbocycles. The third-order valence-corrected chi connectivity index (χ3v) is 2.87. The Balaban J connectivity index is 2.44. The van der Waals surface area contributed by atoms with Gasteiger partial charge in [-0.05, 0) is 31.5 Å². The van der Waals surface area contributed by atoms with Gasteiger partial charge < -0.3 is 16.2 Å². The normalized spacial score (nSPS) is 11.0. The summed E-state index contributed by atoms with van der Waals surface area (Å²) in [6.07, 6.45) is 0. The predicted molar refractivity (Wildman–Crippen MR) is 75.7 cm³/mol. The van der Waals surface area contributed by atoms with Gasteiger partial charge in [-0.2, -0.15) is 0 Å². The molecule has 0 aromatic heterocycles. The lowest BCUT2D eigenvalue weighted by atomic mass is 10.2. The van der Waals surface area contributed by atoms with Gasteiger partial charge in [-0.25, -0.2) is 0 Å². The molecule has 4 N–H and O–H groups in total. The number of benzene rings is 1. The average Bonchev–Trinajstić information content (AvgIpc) is 2.37. The second-order valence-corrected chi connectivity index (χ2v) is 4.73. The summed E-state index contributed by atoms with van der Waals surface area (Å²) in [4.78, 5) is 12.9. The number of hydrogen-bond acceptors (Lipinski definition) is 4. The summed E-state index contributed by atoms with van der Waals surface area (Å²) >= 11 is 0. The largest absolute Gasteiger partial charge is 0.492 e. The van der Waals surface area contributed by atoms with E-state index in [4.69, 9.17) is 16.2 Å². The van der Waals surface area contributed by atoms with Crippen molar-refractivity contribution < 1.29 is 9.53 Å². The zero-order chi connectivity index (χ0) is 14.3. The monoisotopic (exact) mass is 265 g/mol. The third-order valence-electron chi connectivity index (χ3n) is 2.87. The fourth-order valence-electron chi connectivity index (χ4n) is 1.76. The highest BCUT2D eigenvalue weighted by Gasteiger charge is 2.11. The second-order valence-electron chi connectivity index (χ2n) is 4.73. The highest BCUT2D eigenvalue weighted by molar-refractivity contribution is 5.75. The number of primary amides is 1. The minimum absolute atomic E-state index is 0.254. The molecule has 106 valence electrons. The Morgan fingerprint density at radius 3 is 2.74 bits per heavy atom. The van der Waals surface area contributed by atoms with Crippen LogP contribution in [-0.2, 0) is 11.3 Å². The summed E-state index contributed by atoms with van der Waals surface area (Å²) < 4.78 is 5.66. The molecule has 5 heteroatoms. The second kappa shape index (κ2) is 7.76. The van der Waals surface area contributed by atoms with Crippen molar-refractivity contribution in [3.05, 3.63) is 29.8 Å². The molecule has 0 aliphatic carbocycles. The maximum absolute atomic E-state index is 11.0. The van der Waals surface area contributed by atoms with Crippen LogP contribution in [0.1, 0.15) is 19.4 Å². The van der Waals surface area contributed by atoms with Gasteiger partial charge in [0.25, 0.3) is 0 Å². The molecule has 1 amide bonds. The van der Waals surface area contributed by atoms with Crippen LogP contribution in [-0.4, -0.2) is 36.5 Å². The van der Waals surface area contributed by atoms with Gasteiger partial charge >= 0.3 is 0 Å². The van der Waals surface area contributed by atoms with Crippen LogP contribution in [0.3, 0.4) is 0 Å². The van der Waals surface area contributed by atoms with Gasteiger partial charge in [0.1, 0.15) is 12.4 Å². The van der Waals surface area contributed by atoms with Crippen LogP contribution < -0.4 is 16.2 Å². The van der Waals surface area contributed by atoms with E-state index in [2.05, 4.69) is 0 Å². The smallest absolute Gasteiger partial charge is 0.231 e. The van der Waals surface area contributed by atoms with Crippen molar-refractivity contribution in [2.24, 2.45) is 11.5 Å². The molecule has 0 radical (unpaired) electrons. The number of hydrogen-bond donors (Lipinski definition) is 2. The van der Waals surface area contributed by atoms with Gasteiger partial charge in [0.15, 0.2) is 0 Å². The third kappa shape index (κ3) is 5.72. The first-order valence-electron chi connectivity index (χ1n) is 6.47. The molecule has 5 nitrogen and oxygen atoms in total. The van der Waals surface area contributed by atoms with Crippen molar-refractivity contribution in [1.29, 1.82) is 0 Å². The Labute approximate surface area is 114 Å². The maximum atomic E-state index is 11.0. The molecule has 0 spiro atoms. The SMILES string of the molecule is CC(C)N(CCOc1cccc(CN)c1)CC(N)=O. The molecule has 0 saturated heterocycles. The number of rotatable bonds is 8. The summed E-state index contributed by atoms with van der Waals surface area (Å²) in [6, 6.07) is 7.95. The molecular formula is C14H23N3O2. The lowest BCUT2D eigenvalue weighted by Crippen LogP contribution is -2.40. The average molecular weight is 265 g/mol. The zero-order valence-electron chi connectivity index (χ0n) is 11.6. The molecule has 0 atom stereocenters. The van der Waals surface area contributed by atoms with Crippen LogP contribution in [0.15, 0.2) is 24.3 Å². The first-order chi connectivity index (χ1) is 9.02. The number of ether oxygens (including phenoxy) is 1. The van der Waals surface area contributed by atoms with E-state index in [1.165, 1.54) is 0 Å². The van der Waals surface area contributed by atoms with E-state index in [0.717, 1.165) is 11.3 Å². The molecule has 1 aromatic rings. The van der Waals surface area contributed by atoms with E-state index in [1.807, 2.05) is 43.0 Å². The van der Waals surface area contributed by atoms with Crippen molar-refractivity contribution >= 4 is 5.91 Å². The molecule has 1 rings (SSSR count). The van der Waals surface area contributed by atoms with Gasteiger partial charge in [-0.15, -0.1) is 0 Å². The Bertz CT molecular complexity index is 407. The van der Waals surface area contributed by atoms with Crippen LogP contribution >= 0.6 is 0 Å². The van der Waals surface area contributed by atoms with E-state index in [9.17, 15) is 4.79 Å². The summed E-state index contributed by atoms with van der Waals surface area (Å²) in [7, 11) is 0. The molecular weight excluding hydrogens is 242 g/mol. The zero-order valence-corrected chi connectivity index (χ0v) is 11.6. The number of carbonyl (C=O) groups excluding carboxylic acids is 1. The molecule has 0 heterocycles. The van der Waals surface area contributed by atoms with Crippen molar-refractivity contribution in [3.8, 4) is 5.75 Å². The van der Waals surface area contributed by atoms with Crippen LogP contribution in [0.2, 0.25) is 0 Å². The van der Waals surface area contributed by atoms with Crippen LogP contribution in [0.25, 0.3) is 0 Å². The van der Waals surface area contributed by atoms with Gasteiger partial charge in [-0.1, -0.05) is 12.1 Å². The molecule has 0 aliphatic rings. The summed E-state index contributed by atoms with van der Waals surface area (Å²) in [5.41, 5.74) is 11.8. The summed E-state index contributed by atoms with van der Waals surface area (Å²) in [5.74, 6) is 0.476. The number of amides is 1. The number of nitrogens with zero attached hydrogens (tertiary/aromatic N) is 1. The van der Waals surface area contributed by atoms with Crippen LogP contribution in [0, 0.1) is 0 Å². The lowest BCUT2D eigenvalue weighted by molar-refractivity contribution is -0.119. The minimum atomic E-state index is -0.321. The van der Waals surface area contributed by atoms with Crippen LogP contribution in [0.5, 0.6) is 5.75 Å². The highest BCUT2D eigenvalue weighted by atomic mass is 16.5. The minimum Gasteiger partial charge on any atom is -0.492 e. The van der Waals surface area contributed by atoms with Gasteiger partial charge in [0, 0.05) is 19.1 Å². The first kappa shape index (κ1) is 15.5. The van der Waals surface area contributed by atoms with Crippen molar-refractivity contribution in [2.75, 3.05) is 19.7 Å². The molecule has 1 aromatic carbocycles. The Morgan fingerprint density at radius 1 is 1.42 bits per heavy atom. The van der Waals surface area contributed by atoms with E-state index in [0.29, 0.717) is 19.7 Å². The van der Waals surface area contributed by atoms with Crippen LogP contribution in [0.4, 0.5) is 0 Å². The molecule has 19 heavy (non-hydrogen) atoms. The number of carbonyl (C=O) groups is 1. The summed E-state index contributed by atoms with van der Waals surface area (Å²) in [6.45, 7) is 5.98. The number of nitrogens with two attached hydrogens (primary N) is 2. The van der Waals surface area contributed by atoms with E-state index in [1.54, 1.807) is 0 Å².